The number of para-hydroxylation sites is 2. The van der Waals surface area contributed by atoms with Crippen molar-refractivity contribution in [2.45, 2.75) is 6.92 Å². The largest absolute Gasteiger partial charge is 0.437 e. The van der Waals surface area contributed by atoms with E-state index in [2.05, 4.69) is 15.3 Å². The van der Waals surface area contributed by atoms with Crippen molar-refractivity contribution in [2.24, 2.45) is 0 Å². The summed E-state index contributed by atoms with van der Waals surface area (Å²) in [6.07, 6.45) is 1.06. The number of benzene rings is 1. The Balaban J connectivity index is 2.26. The van der Waals surface area contributed by atoms with Crippen LogP contribution in [0.2, 0.25) is 0 Å². The van der Waals surface area contributed by atoms with E-state index in [1.807, 2.05) is 0 Å². The van der Waals surface area contributed by atoms with Gasteiger partial charge in [0, 0.05) is 6.92 Å². The molecule has 0 saturated carbocycles. The molecule has 1 aromatic heterocycles. The highest BCUT2D eigenvalue weighted by Gasteiger charge is 2.07. The number of aromatic nitrogens is 2. The summed E-state index contributed by atoms with van der Waals surface area (Å²) in [5, 5.41) is 2.61. The summed E-state index contributed by atoms with van der Waals surface area (Å²) in [4.78, 5) is 18.1. The summed E-state index contributed by atoms with van der Waals surface area (Å²) in [6.45, 7) is 1.39. The molecule has 2 rings (SSSR count). The third kappa shape index (κ3) is 3.00. The summed E-state index contributed by atoms with van der Waals surface area (Å²) in [7, 11) is 0. The smallest absolute Gasteiger partial charge is 0.225 e. The second-order valence-corrected chi connectivity index (χ2v) is 3.46. The Bertz CT molecular complexity index is 575. The predicted molar refractivity (Wildman–Crippen MR) is 62.8 cm³/mol. The van der Waals surface area contributed by atoms with Crippen molar-refractivity contribution < 1.29 is 13.9 Å². The molecular weight excluding hydrogens is 237 g/mol. The molecule has 5 nitrogen and oxygen atoms in total. The Hall–Kier alpha value is -2.50. The molecule has 18 heavy (non-hydrogen) atoms. The summed E-state index contributed by atoms with van der Waals surface area (Å²) >= 11 is 0. The highest BCUT2D eigenvalue weighted by Crippen LogP contribution is 2.27. The highest BCUT2D eigenvalue weighted by molar-refractivity contribution is 5.90. The number of hydrogen-bond acceptors (Lipinski definition) is 4. The summed E-state index contributed by atoms with van der Waals surface area (Å²) < 4.78 is 18.3. The molecule has 0 aliphatic carbocycles. The lowest BCUT2D eigenvalue weighted by atomic mass is 10.3. The SMILES string of the molecule is CC(=O)Nc1ccccc1Oc1cc(F)ncn1. The van der Waals surface area contributed by atoms with Gasteiger partial charge in [0.2, 0.25) is 17.7 Å². The maximum Gasteiger partial charge on any atom is 0.225 e. The molecule has 0 radical (unpaired) electrons. The molecule has 0 saturated heterocycles. The van der Waals surface area contributed by atoms with Gasteiger partial charge < -0.3 is 10.1 Å². The van der Waals surface area contributed by atoms with Gasteiger partial charge >= 0.3 is 0 Å². The number of carbonyl (C=O) groups is 1. The van der Waals surface area contributed by atoms with E-state index in [4.69, 9.17) is 4.74 Å². The first-order valence-electron chi connectivity index (χ1n) is 5.17. The second kappa shape index (κ2) is 5.22. The number of halogens is 1. The molecule has 0 spiro atoms. The first kappa shape index (κ1) is 12.0. The van der Waals surface area contributed by atoms with Gasteiger partial charge in [-0.1, -0.05) is 12.1 Å². The van der Waals surface area contributed by atoms with Crippen LogP contribution in [0.15, 0.2) is 36.7 Å². The maximum absolute atomic E-state index is 12.9. The van der Waals surface area contributed by atoms with Gasteiger partial charge in [-0.2, -0.15) is 4.39 Å². The van der Waals surface area contributed by atoms with E-state index in [0.29, 0.717) is 11.4 Å². The molecule has 1 N–H and O–H groups in total. The minimum Gasteiger partial charge on any atom is -0.437 e. The van der Waals surface area contributed by atoms with Crippen molar-refractivity contribution in [3.05, 3.63) is 42.6 Å². The van der Waals surface area contributed by atoms with Crippen LogP contribution in [0, 0.1) is 5.95 Å². The number of nitrogens with zero attached hydrogens (tertiary/aromatic N) is 2. The third-order valence-electron chi connectivity index (χ3n) is 2.02. The lowest BCUT2D eigenvalue weighted by Crippen LogP contribution is -2.06. The number of rotatable bonds is 3. The second-order valence-electron chi connectivity index (χ2n) is 3.46. The number of hydrogen-bond donors (Lipinski definition) is 1. The van der Waals surface area contributed by atoms with Gasteiger partial charge in [0.15, 0.2) is 5.75 Å². The van der Waals surface area contributed by atoms with Crippen LogP contribution in [-0.4, -0.2) is 15.9 Å². The molecule has 1 amide bonds. The average molecular weight is 247 g/mol. The van der Waals surface area contributed by atoms with Gasteiger partial charge in [-0.15, -0.1) is 0 Å². The Morgan fingerprint density at radius 3 is 2.83 bits per heavy atom. The van der Waals surface area contributed by atoms with Crippen LogP contribution < -0.4 is 10.1 Å². The Labute approximate surface area is 103 Å². The summed E-state index contributed by atoms with van der Waals surface area (Å²) in [5.41, 5.74) is 0.490. The molecule has 6 heteroatoms. The van der Waals surface area contributed by atoms with Crippen molar-refractivity contribution in [2.75, 3.05) is 5.32 Å². The van der Waals surface area contributed by atoms with Crippen LogP contribution in [0.25, 0.3) is 0 Å². The van der Waals surface area contributed by atoms with Crippen molar-refractivity contribution in [1.82, 2.24) is 9.97 Å². The van der Waals surface area contributed by atoms with Crippen molar-refractivity contribution in [1.29, 1.82) is 0 Å². The number of anilines is 1. The van der Waals surface area contributed by atoms with Crippen molar-refractivity contribution in [3.63, 3.8) is 0 Å². The van der Waals surface area contributed by atoms with Crippen molar-refractivity contribution in [3.8, 4) is 11.6 Å². The van der Waals surface area contributed by atoms with Crippen LogP contribution >= 0.6 is 0 Å². The molecule has 0 aliphatic heterocycles. The normalized spacial score (nSPS) is 9.89. The van der Waals surface area contributed by atoms with Crippen LogP contribution in [0.1, 0.15) is 6.92 Å². The third-order valence-corrected chi connectivity index (χ3v) is 2.02. The van der Waals surface area contributed by atoms with Crippen LogP contribution in [-0.2, 0) is 4.79 Å². The van der Waals surface area contributed by atoms with E-state index in [1.165, 1.54) is 6.92 Å². The maximum atomic E-state index is 12.9. The number of nitrogens with one attached hydrogen (secondary N) is 1. The van der Waals surface area contributed by atoms with E-state index < -0.39 is 5.95 Å². The minimum absolute atomic E-state index is 0.0697. The van der Waals surface area contributed by atoms with Gasteiger partial charge in [-0.25, -0.2) is 9.97 Å². The lowest BCUT2D eigenvalue weighted by Gasteiger charge is -2.10. The summed E-state index contributed by atoms with van der Waals surface area (Å²) in [6, 6.07) is 7.86. The monoisotopic (exact) mass is 247 g/mol. The van der Waals surface area contributed by atoms with Gasteiger partial charge in [-0.05, 0) is 12.1 Å². The van der Waals surface area contributed by atoms with E-state index in [-0.39, 0.29) is 11.8 Å². The number of ether oxygens (including phenoxy) is 1. The molecule has 0 aliphatic rings. The molecule has 2 aromatic rings. The zero-order valence-electron chi connectivity index (χ0n) is 9.55. The van der Waals surface area contributed by atoms with Gasteiger partial charge in [0.25, 0.3) is 0 Å². The predicted octanol–water partition coefficient (Wildman–Crippen LogP) is 2.37. The average Bonchev–Trinajstić information content (AvgIpc) is 2.31. The Kier molecular flexibility index (Phi) is 3.47. The highest BCUT2D eigenvalue weighted by atomic mass is 19.1. The zero-order chi connectivity index (χ0) is 13.0. The van der Waals surface area contributed by atoms with Gasteiger partial charge in [0.1, 0.15) is 6.33 Å². The fourth-order valence-corrected chi connectivity index (χ4v) is 1.33. The lowest BCUT2D eigenvalue weighted by molar-refractivity contribution is -0.114. The van der Waals surface area contributed by atoms with E-state index in [0.717, 1.165) is 12.4 Å². The van der Waals surface area contributed by atoms with Crippen LogP contribution in [0.5, 0.6) is 11.6 Å². The fraction of sp³-hybridized carbons (Fsp3) is 0.0833. The first-order valence-corrected chi connectivity index (χ1v) is 5.17. The minimum atomic E-state index is -0.683. The quantitative estimate of drug-likeness (QED) is 0.845. The molecule has 0 unspecified atom stereocenters. The van der Waals surface area contributed by atoms with Gasteiger partial charge in [0.05, 0.1) is 11.8 Å². The molecule has 1 heterocycles. The van der Waals surface area contributed by atoms with E-state index >= 15 is 0 Å². The molecule has 0 bridgehead atoms. The molecule has 0 atom stereocenters. The first-order chi connectivity index (χ1) is 8.65. The molecule has 1 aromatic carbocycles. The molecule has 92 valence electrons. The standard InChI is InChI=1S/C12H10FN3O2/c1-8(17)16-9-4-2-3-5-10(9)18-12-6-11(13)14-7-15-12/h2-7H,1H3,(H,16,17). The Morgan fingerprint density at radius 1 is 1.33 bits per heavy atom. The number of amides is 1. The van der Waals surface area contributed by atoms with Gasteiger partial charge in [-0.3, -0.25) is 4.79 Å². The topological polar surface area (TPSA) is 64.1 Å². The van der Waals surface area contributed by atoms with Crippen LogP contribution in [0.4, 0.5) is 10.1 Å². The van der Waals surface area contributed by atoms with Crippen molar-refractivity contribution >= 4 is 11.6 Å². The number of carbonyl (C=O) groups excluding carboxylic acids is 1. The van der Waals surface area contributed by atoms with E-state index in [9.17, 15) is 9.18 Å². The van der Waals surface area contributed by atoms with Crippen LogP contribution in [0.3, 0.4) is 0 Å². The van der Waals surface area contributed by atoms with E-state index in [1.54, 1.807) is 24.3 Å². The molecular formula is C12H10FN3O2. The molecule has 0 fully saturated rings. The fourth-order valence-electron chi connectivity index (χ4n) is 1.33. The Morgan fingerprint density at radius 2 is 2.11 bits per heavy atom. The zero-order valence-corrected chi connectivity index (χ0v) is 9.55. The summed E-state index contributed by atoms with van der Waals surface area (Å²) in [5.74, 6) is -0.456.